The quantitative estimate of drug-likeness (QED) is 0.408. The lowest BCUT2D eigenvalue weighted by molar-refractivity contribution is -0.385. The number of carbonyl (C=O) groups is 1. The molecular weight excluding hydrogens is 468 g/mol. The molecule has 2 saturated heterocycles. The average molecular weight is 501 g/mol. The van der Waals surface area contributed by atoms with Gasteiger partial charge in [0.05, 0.1) is 12.0 Å². The number of ether oxygens (including phenoxy) is 1. The molecule has 2 aliphatic rings. The Bertz CT molecular complexity index is 1020. The maximum atomic E-state index is 12.8. The van der Waals surface area contributed by atoms with Crippen molar-refractivity contribution in [3.05, 3.63) is 63.2 Å². The lowest BCUT2D eigenvalue weighted by Crippen LogP contribution is -2.43. The van der Waals surface area contributed by atoms with Gasteiger partial charge in [-0.2, -0.15) is 0 Å². The number of nitro benzene ring substituents is 1. The molecule has 4 rings (SSSR count). The summed E-state index contributed by atoms with van der Waals surface area (Å²) in [5, 5.41) is 15.3. The minimum absolute atomic E-state index is 0.0485. The standard InChI is InChI=1S/C26H33ClN4O4/c1-35-25-18-23(6-7-24(25)31(33)34)28-22-10-16-30(17-11-22)26(32)12-15-29-13-8-20(9-14-29)19-2-4-21(27)5-3-19/h2-7,18,20,22,28H,8-17H2,1H3. The summed E-state index contributed by atoms with van der Waals surface area (Å²) in [4.78, 5) is 27.8. The number of nitrogens with one attached hydrogen (secondary N) is 1. The zero-order chi connectivity index (χ0) is 24.8. The smallest absolute Gasteiger partial charge is 0.311 e. The van der Waals surface area contributed by atoms with E-state index in [4.69, 9.17) is 16.3 Å². The van der Waals surface area contributed by atoms with Gasteiger partial charge in [0.2, 0.25) is 5.91 Å². The topological polar surface area (TPSA) is 88.0 Å². The molecule has 0 bridgehead atoms. The third-order valence-corrected chi connectivity index (χ3v) is 7.42. The predicted octanol–water partition coefficient (Wildman–Crippen LogP) is 4.93. The van der Waals surface area contributed by atoms with Crippen LogP contribution in [-0.2, 0) is 4.79 Å². The Morgan fingerprint density at radius 2 is 1.77 bits per heavy atom. The van der Waals surface area contributed by atoms with Crippen molar-refractivity contribution >= 4 is 28.9 Å². The SMILES string of the molecule is COc1cc(NC2CCN(C(=O)CCN3CCC(c4ccc(Cl)cc4)CC3)CC2)ccc1[N+](=O)[O-]. The predicted molar refractivity (Wildman–Crippen MR) is 137 cm³/mol. The van der Waals surface area contributed by atoms with Crippen molar-refractivity contribution in [3.8, 4) is 5.75 Å². The highest BCUT2D eigenvalue weighted by atomic mass is 35.5. The van der Waals surface area contributed by atoms with Gasteiger partial charge in [0.15, 0.2) is 5.75 Å². The summed E-state index contributed by atoms with van der Waals surface area (Å²) in [5.74, 6) is 1.03. The van der Waals surface area contributed by atoms with E-state index < -0.39 is 4.92 Å². The molecule has 0 radical (unpaired) electrons. The van der Waals surface area contributed by atoms with Crippen molar-refractivity contribution in [2.24, 2.45) is 0 Å². The summed E-state index contributed by atoms with van der Waals surface area (Å²) in [6, 6.07) is 13.2. The van der Waals surface area contributed by atoms with Crippen molar-refractivity contribution in [3.63, 3.8) is 0 Å². The largest absolute Gasteiger partial charge is 0.490 e. The number of amides is 1. The molecular formula is C26H33ClN4O4. The maximum Gasteiger partial charge on any atom is 0.311 e. The zero-order valence-electron chi connectivity index (χ0n) is 20.1. The number of hydrogen-bond donors (Lipinski definition) is 1. The van der Waals surface area contributed by atoms with E-state index in [0.717, 1.165) is 69.1 Å². The Labute approximate surface area is 211 Å². The molecule has 0 atom stereocenters. The zero-order valence-corrected chi connectivity index (χ0v) is 20.9. The van der Waals surface area contributed by atoms with E-state index in [2.05, 4.69) is 22.3 Å². The van der Waals surface area contributed by atoms with E-state index >= 15 is 0 Å². The fraction of sp³-hybridized carbons (Fsp3) is 0.500. The van der Waals surface area contributed by atoms with Gasteiger partial charge in [0.25, 0.3) is 0 Å². The number of anilines is 1. The van der Waals surface area contributed by atoms with Gasteiger partial charge >= 0.3 is 5.69 Å². The number of nitro groups is 1. The normalized spacial score (nSPS) is 17.8. The van der Waals surface area contributed by atoms with Crippen LogP contribution in [0.15, 0.2) is 42.5 Å². The van der Waals surface area contributed by atoms with Crippen LogP contribution in [0.4, 0.5) is 11.4 Å². The van der Waals surface area contributed by atoms with Crippen molar-refractivity contribution in [1.29, 1.82) is 0 Å². The maximum absolute atomic E-state index is 12.8. The van der Waals surface area contributed by atoms with Gasteiger partial charge in [0.1, 0.15) is 0 Å². The third kappa shape index (κ3) is 6.64. The molecule has 0 aromatic heterocycles. The van der Waals surface area contributed by atoms with Crippen LogP contribution in [0.25, 0.3) is 0 Å². The number of hydrogen-bond acceptors (Lipinski definition) is 6. The van der Waals surface area contributed by atoms with E-state index in [-0.39, 0.29) is 23.4 Å². The van der Waals surface area contributed by atoms with Gasteiger partial charge in [-0.1, -0.05) is 23.7 Å². The van der Waals surface area contributed by atoms with Crippen LogP contribution in [0.2, 0.25) is 5.02 Å². The monoisotopic (exact) mass is 500 g/mol. The molecule has 0 unspecified atom stereocenters. The fourth-order valence-corrected chi connectivity index (χ4v) is 5.19. The average Bonchev–Trinajstić information content (AvgIpc) is 2.88. The van der Waals surface area contributed by atoms with Gasteiger partial charge in [0, 0.05) is 54.9 Å². The minimum Gasteiger partial charge on any atom is -0.490 e. The summed E-state index contributed by atoms with van der Waals surface area (Å²) in [7, 11) is 1.43. The summed E-state index contributed by atoms with van der Waals surface area (Å²) >= 11 is 6.01. The van der Waals surface area contributed by atoms with Crippen molar-refractivity contribution < 1.29 is 14.5 Å². The molecule has 8 nitrogen and oxygen atoms in total. The number of nitrogens with zero attached hydrogens (tertiary/aromatic N) is 3. The van der Waals surface area contributed by atoms with Gasteiger partial charge in [-0.15, -0.1) is 0 Å². The Kier molecular flexibility index (Phi) is 8.46. The minimum atomic E-state index is -0.450. The van der Waals surface area contributed by atoms with Crippen molar-refractivity contribution in [2.45, 2.75) is 44.1 Å². The number of halogens is 1. The lowest BCUT2D eigenvalue weighted by Gasteiger charge is -2.35. The number of carbonyl (C=O) groups excluding carboxylic acids is 1. The number of benzene rings is 2. The summed E-state index contributed by atoms with van der Waals surface area (Å²) in [6.45, 7) is 4.29. The van der Waals surface area contributed by atoms with Crippen LogP contribution in [-0.4, -0.2) is 66.5 Å². The molecule has 2 aromatic rings. The number of methoxy groups -OCH3 is 1. The Morgan fingerprint density at radius 1 is 1.09 bits per heavy atom. The van der Waals surface area contributed by atoms with Gasteiger partial charge < -0.3 is 19.9 Å². The molecule has 0 spiro atoms. The first kappa shape index (κ1) is 25.3. The molecule has 35 heavy (non-hydrogen) atoms. The van der Waals surface area contributed by atoms with E-state index in [1.54, 1.807) is 12.1 Å². The lowest BCUT2D eigenvalue weighted by atomic mass is 9.89. The number of likely N-dealkylation sites (tertiary alicyclic amines) is 2. The van der Waals surface area contributed by atoms with Crippen molar-refractivity contribution in [2.75, 3.05) is 45.2 Å². The second-order valence-corrected chi connectivity index (χ2v) is 9.80. The highest BCUT2D eigenvalue weighted by Crippen LogP contribution is 2.31. The summed E-state index contributed by atoms with van der Waals surface area (Å²) in [5.41, 5.74) is 2.10. The molecule has 1 N–H and O–H groups in total. The molecule has 2 aliphatic heterocycles. The Morgan fingerprint density at radius 3 is 2.40 bits per heavy atom. The van der Waals surface area contributed by atoms with Crippen LogP contribution in [0.3, 0.4) is 0 Å². The van der Waals surface area contributed by atoms with Crippen LogP contribution < -0.4 is 10.1 Å². The van der Waals surface area contributed by atoms with E-state index in [1.165, 1.54) is 18.7 Å². The Balaban J connectivity index is 1.17. The molecule has 1 amide bonds. The highest BCUT2D eigenvalue weighted by molar-refractivity contribution is 6.30. The molecule has 188 valence electrons. The molecule has 0 saturated carbocycles. The van der Waals surface area contributed by atoms with Crippen LogP contribution >= 0.6 is 11.6 Å². The first-order valence-corrected chi connectivity index (χ1v) is 12.7. The first-order chi connectivity index (χ1) is 16.9. The molecule has 2 aromatic carbocycles. The second-order valence-electron chi connectivity index (χ2n) is 9.36. The van der Waals surface area contributed by atoms with Gasteiger partial charge in [-0.3, -0.25) is 14.9 Å². The number of piperidine rings is 2. The Hall–Kier alpha value is -2.84. The molecule has 2 heterocycles. The molecule has 9 heteroatoms. The van der Waals surface area contributed by atoms with Crippen LogP contribution in [0, 0.1) is 10.1 Å². The van der Waals surface area contributed by atoms with Crippen molar-refractivity contribution in [1.82, 2.24) is 9.80 Å². The fourth-order valence-electron chi connectivity index (χ4n) is 5.06. The number of rotatable bonds is 8. The van der Waals surface area contributed by atoms with Crippen LogP contribution in [0.5, 0.6) is 5.75 Å². The van der Waals surface area contributed by atoms with Gasteiger partial charge in [-0.05, 0) is 68.5 Å². The van der Waals surface area contributed by atoms with E-state index in [9.17, 15) is 14.9 Å². The summed E-state index contributed by atoms with van der Waals surface area (Å²) in [6.07, 6.45) is 4.47. The summed E-state index contributed by atoms with van der Waals surface area (Å²) < 4.78 is 5.15. The second kappa shape index (κ2) is 11.7. The van der Waals surface area contributed by atoms with E-state index in [1.807, 2.05) is 17.0 Å². The van der Waals surface area contributed by atoms with Crippen LogP contribution in [0.1, 0.15) is 43.6 Å². The van der Waals surface area contributed by atoms with E-state index in [0.29, 0.717) is 12.3 Å². The highest BCUT2D eigenvalue weighted by Gasteiger charge is 2.25. The third-order valence-electron chi connectivity index (χ3n) is 7.17. The molecule has 2 fully saturated rings. The van der Waals surface area contributed by atoms with Gasteiger partial charge in [-0.25, -0.2) is 0 Å². The first-order valence-electron chi connectivity index (χ1n) is 12.3. The molecule has 0 aliphatic carbocycles.